The van der Waals surface area contributed by atoms with Crippen molar-refractivity contribution in [3.8, 4) is 0 Å². The average Bonchev–Trinajstić information content (AvgIpc) is 2.79. The molecule has 0 fully saturated rings. The molecule has 0 unspecified atom stereocenters. The monoisotopic (exact) mass is 297 g/mol. The van der Waals surface area contributed by atoms with Crippen LogP contribution in [0.4, 0.5) is 9.59 Å². The number of nitrogens with zero attached hydrogens (tertiary/aromatic N) is 2. The van der Waals surface area contributed by atoms with Crippen LogP contribution in [0.5, 0.6) is 0 Å². The molecular formula is C14H23N3O4. The molecule has 0 spiro atoms. The molecule has 0 aliphatic rings. The van der Waals surface area contributed by atoms with E-state index in [0.717, 1.165) is 23.8 Å². The molecule has 7 nitrogen and oxygen atoms in total. The molecular weight excluding hydrogens is 274 g/mol. The van der Waals surface area contributed by atoms with Crippen molar-refractivity contribution in [2.24, 2.45) is 0 Å². The fraction of sp³-hybridized carbons (Fsp3) is 0.643. The second-order valence-electron chi connectivity index (χ2n) is 5.74. The Morgan fingerprint density at radius 2 is 2.05 bits per heavy atom. The van der Waals surface area contributed by atoms with Crippen molar-refractivity contribution >= 4 is 12.2 Å². The zero-order chi connectivity index (χ0) is 15.9. The SMILES string of the molecule is CC(C)(C)OC(=O)NCCCCCc1nccn1C(=O)O. The van der Waals surface area contributed by atoms with Gasteiger partial charge < -0.3 is 15.2 Å². The van der Waals surface area contributed by atoms with Crippen molar-refractivity contribution in [1.29, 1.82) is 0 Å². The van der Waals surface area contributed by atoms with Crippen LogP contribution in [0.2, 0.25) is 0 Å². The Morgan fingerprint density at radius 3 is 2.67 bits per heavy atom. The standard InChI is InChI=1S/C14H23N3O4/c1-14(2,3)21-12(18)16-8-6-4-5-7-11-15-9-10-17(11)13(19)20/h9-10H,4-8H2,1-3H3,(H,16,18)(H,19,20). The molecule has 1 aromatic heterocycles. The van der Waals surface area contributed by atoms with Crippen LogP contribution in [0.25, 0.3) is 0 Å². The first-order valence-electron chi connectivity index (χ1n) is 7.02. The lowest BCUT2D eigenvalue weighted by Crippen LogP contribution is -2.33. The third-order valence-electron chi connectivity index (χ3n) is 2.67. The third-order valence-corrected chi connectivity index (χ3v) is 2.67. The molecule has 0 aliphatic heterocycles. The number of hydrogen-bond donors (Lipinski definition) is 2. The first-order chi connectivity index (χ1) is 9.79. The molecule has 7 heteroatoms. The topological polar surface area (TPSA) is 93.5 Å². The first-order valence-corrected chi connectivity index (χ1v) is 7.02. The molecule has 1 amide bonds. The zero-order valence-corrected chi connectivity index (χ0v) is 12.8. The number of hydrogen-bond acceptors (Lipinski definition) is 4. The van der Waals surface area contributed by atoms with Crippen LogP contribution in [0.3, 0.4) is 0 Å². The summed E-state index contributed by atoms with van der Waals surface area (Å²) in [6.45, 7) is 5.99. The number of unbranched alkanes of at least 4 members (excludes halogenated alkanes) is 2. The maximum Gasteiger partial charge on any atom is 0.416 e. The number of aromatic nitrogens is 2. The maximum absolute atomic E-state index is 11.4. The minimum absolute atomic E-state index is 0.413. The number of aryl methyl sites for hydroxylation is 1. The van der Waals surface area contributed by atoms with Crippen molar-refractivity contribution < 1.29 is 19.4 Å². The summed E-state index contributed by atoms with van der Waals surface area (Å²) < 4.78 is 6.24. The first kappa shape index (κ1) is 17.0. The van der Waals surface area contributed by atoms with Crippen molar-refractivity contribution in [2.45, 2.75) is 52.1 Å². The predicted molar refractivity (Wildman–Crippen MR) is 77.4 cm³/mol. The second-order valence-corrected chi connectivity index (χ2v) is 5.74. The number of carboxylic acid groups (broad SMARTS) is 1. The van der Waals surface area contributed by atoms with Crippen molar-refractivity contribution in [1.82, 2.24) is 14.9 Å². The van der Waals surface area contributed by atoms with Gasteiger partial charge in [0.15, 0.2) is 0 Å². The summed E-state index contributed by atoms with van der Waals surface area (Å²) in [5.74, 6) is 0.544. The van der Waals surface area contributed by atoms with E-state index in [2.05, 4.69) is 10.3 Å². The normalized spacial score (nSPS) is 11.2. The van der Waals surface area contributed by atoms with E-state index in [4.69, 9.17) is 9.84 Å². The molecule has 0 aliphatic carbocycles. The van der Waals surface area contributed by atoms with Crippen LogP contribution in [0.15, 0.2) is 12.4 Å². The van der Waals surface area contributed by atoms with E-state index in [1.54, 1.807) is 0 Å². The third kappa shape index (κ3) is 6.78. The molecule has 0 saturated carbocycles. The van der Waals surface area contributed by atoms with E-state index >= 15 is 0 Å². The van der Waals surface area contributed by atoms with E-state index in [1.807, 2.05) is 20.8 Å². The number of alkyl carbamates (subject to hydrolysis) is 1. The summed E-state index contributed by atoms with van der Waals surface area (Å²) in [5.41, 5.74) is -0.488. The van der Waals surface area contributed by atoms with Gasteiger partial charge in [0.1, 0.15) is 11.4 Å². The summed E-state index contributed by atoms with van der Waals surface area (Å²) in [4.78, 5) is 26.3. The van der Waals surface area contributed by atoms with Gasteiger partial charge in [-0.2, -0.15) is 0 Å². The number of rotatable bonds is 6. The van der Waals surface area contributed by atoms with E-state index < -0.39 is 17.8 Å². The Hall–Kier alpha value is -2.05. The lowest BCUT2D eigenvalue weighted by molar-refractivity contribution is 0.0527. The van der Waals surface area contributed by atoms with Crippen LogP contribution in [0, 0.1) is 0 Å². The number of carbonyl (C=O) groups excluding carboxylic acids is 1. The maximum atomic E-state index is 11.4. The molecule has 1 heterocycles. The minimum atomic E-state index is -1.02. The van der Waals surface area contributed by atoms with E-state index in [0.29, 0.717) is 18.8 Å². The van der Waals surface area contributed by atoms with Gasteiger partial charge in [-0.15, -0.1) is 0 Å². The fourth-order valence-corrected chi connectivity index (χ4v) is 1.78. The van der Waals surface area contributed by atoms with Gasteiger partial charge in [0.2, 0.25) is 0 Å². The van der Waals surface area contributed by atoms with E-state index in [9.17, 15) is 9.59 Å². The van der Waals surface area contributed by atoms with Gasteiger partial charge in [0.05, 0.1) is 0 Å². The summed E-state index contributed by atoms with van der Waals surface area (Å²) in [6, 6.07) is 0. The van der Waals surface area contributed by atoms with Gasteiger partial charge in [-0.1, -0.05) is 6.42 Å². The summed E-state index contributed by atoms with van der Waals surface area (Å²) in [7, 11) is 0. The quantitative estimate of drug-likeness (QED) is 0.787. The number of ether oxygens (including phenoxy) is 1. The second kappa shape index (κ2) is 7.66. The highest BCUT2D eigenvalue weighted by atomic mass is 16.6. The Labute approximate surface area is 124 Å². The van der Waals surface area contributed by atoms with Gasteiger partial charge in [0, 0.05) is 25.4 Å². The highest BCUT2D eigenvalue weighted by Gasteiger charge is 2.15. The van der Waals surface area contributed by atoms with Crippen LogP contribution < -0.4 is 5.32 Å². The van der Waals surface area contributed by atoms with Gasteiger partial charge in [-0.25, -0.2) is 19.1 Å². The minimum Gasteiger partial charge on any atom is -0.464 e. The average molecular weight is 297 g/mol. The number of imidazole rings is 1. The predicted octanol–water partition coefficient (Wildman–Crippen LogP) is 2.65. The van der Waals surface area contributed by atoms with Gasteiger partial charge in [0.25, 0.3) is 0 Å². The smallest absolute Gasteiger partial charge is 0.416 e. The number of carbonyl (C=O) groups is 2. The van der Waals surface area contributed by atoms with Crippen LogP contribution >= 0.6 is 0 Å². The van der Waals surface area contributed by atoms with Crippen LogP contribution in [0.1, 0.15) is 45.9 Å². The molecule has 1 rings (SSSR count). The molecule has 1 aromatic rings. The summed E-state index contributed by atoms with van der Waals surface area (Å²) in [5, 5.41) is 11.6. The molecule has 21 heavy (non-hydrogen) atoms. The van der Waals surface area contributed by atoms with Gasteiger partial charge in [-0.3, -0.25) is 0 Å². The Morgan fingerprint density at radius 1 is 1.33 bits per heavy atom. The van der Waals surface area contributed by atoms with E-state index in [-0.39, 0.29) is 0 Å². The Bertz CT molecular complexity index is 477. The molecule has 118 valence electrons. The van der Waals surface area contributed by atoms with Crippen molar-refractivity contribution in [3.63, 3.8) is 0 Å². The fourth-order valence-electron chi connectivity index (χ4n) is 1.78. The van der Waals surface area contributed by atoms with E-state index in [1.165, 1.54) is 12.4 Å². The highest BCUT2D eigenvalue weighted by Crippen LogP contribution is 2.07. The van der Waals surface area contributed by atoms with Gasteiger partial charge in [-0.05, 0) is 33.6 Å². The molecule has 0 bridgehead atoms. The van der Waals surface area contributed by atoms with Crippen molar-refractivity contribution in [2.75, 3.05) is 6.54 Å². The Kier molecular flexibility index (Phi) is 6.20. The Balaban J connectivity index is 2.14. The summed E-state index contributed by atoms with van der Waals surface area (Å²) in [6.07, 6.45) is 4.59. The lowest BCUT2D eigenvalue weighted by atomic mass is 10.2. The largest absolute Gasteiger partial charge is 0.464 e. The summed E-state index contributed by atoms with van der Waals surface area (Å²) >= 11 is 0. The molecule has 0 atom stereocenters. The molecule has 0 radical (unpaired) electrons. The number of nitrogens with one attached hydrogen (secondary N) is 1. The molecule has 0 aromatic carbocycles. The zero-order valence-electron chi connectivity index (χ0n) is 12.8. The highest BCUT2D eigenvalue weighted by molar-refractivity contribution is 5.68. The van der Waals surface area contributed by atoms with Crippen LogP contribution in [-0.2, 0) is 11.2 Å². The van der Waals surface area contributed by atoms with Gasteiger partial charge >= 0.3 is 12.2 Å². The molecule has 2 N–H and O–H groups in total. The lowest BCUT2D eigenvalue weighted by Gasteiger charge is -2.19. The van der Waals surface area contributed by atoms with Crippen LogP contribution in [-0.4, -0.2) is 39.0 Å². The van der Waals surface area contributed by atoms with Crippen molar-refractivity contribution in [3.05, 3.63) is 18.2 Å². The number of amides is 1. The molecule has 0 saturated heterocycles.